The van der Waals surface area contributed by atoms with E-state index in [1.165, 1.54) is 13.3 Å². The van der Waals surface area contributed by atoms with Crippen LogP contribution in [0, 0.1) is 0 Å². The molecule has 0 unspecified atom stereocenters. The average molecular weight is 375 g/mol. The molecule has 2 rings (SSSR count). The lowest BCUT2D eigenvalue weighted by molar-refractivity contribution is -0.120. The molecule has 0 aliphatic heterocycles. The molecule has 0 atom stereocenters. The molecule has 0 radical (unpaired) electrons. The van der Waals surface area contributed by atoms with Crippen LogP contribution >= 0.6 is 15.9 Å². The molecular weight excluding hydrogens is 360 g/mol. The predicted molar refractivity (Wildman–Crippen MR) is 91.4 cm³/mol. The number of amides is 1. The predicted octanol–water partition coefficient (Wildman–Crippen LogP) is 2.93. The van der Waals surface area contributed by atoms with E-state index in [0.717, 1.165) is 15.6 Å². The van der Waals surface area contributed by atoms with Gasteiger partial charge in [-0.2, -0.15) is 5.10 Å². The van der Waals surface area contributed by atoms with E-state index in [0.29, 0.717) is 5.56 Å². The Bertz CT molecular complexity index is 710. The van der Waals surface area contributed by atoms with Crippen LogP contribution in [0.5, 0.6) is 0 Å². The molecule has 2 aromatic rings. The molecule has 0 saturated heterocycles. The van der Waals surface area contributed by atoms with E-state index in [1.54, 1.807) is 24.3 Å². The Morgan fingerprint density at radius 1 is 1.13 bits per heavy atom. The fourth-order valence-electron chi connectivity index (χ4n) is 1.83. The maximum absolute atomic E-state index is 11.8. The number of hydrogen-bond donors (Lipinski definition) is 1. The Hall–Kier alpha value is -2.47. The molecule has 6 heteroatoms. The van der Waals surface area contributed by atoms with Gasteiger partial charge in [0, 0.05) is 4.47 Å². The summed E-state index contributed by atoms with van der Waals surface area (Å²) in [5.41, 5.74) is 4.60. The fraction of sp³-hybridized carbons (Fsp3) is 0.118. The Morgan fingerprint density at radius 3 is 2.39 bits per heavy atom. The molecule has 0 bridgehead atoms. The Morgan fingerprint density at radius 2 is 1.78 bits per heavy atom. The Labute approximate surface area is 142 Å². The van der Waals surface area contributed by atoms with Crippen molar-refractivity contribution >= 4 is 34.0 Å². The molecule has 0 aromatic heterocycles. The number of esters is 1. The van der Waals surface area contributed by atoms with Crippen LogP contribution in [0.15, 0.2) is 58.1 Å². The van der Waals surface area contributed by atoms with E-state index in [4.69, 9.17) is 0 Å². The first-order valence-corrected chi connectivity index (χ1v) is 7.62. The number of methoxy groups -OCH3 is 1. The molecule has 0 saturated carbocycles. The molecule has 0 aliphatic carbocycles. The van der Waals surface area contributed by atoms with Crippen LogP contribution in [0.3, 0.4) is 0 Å². The number of carbonyl (C=O) groups excluding carboxylic acids is 2. The molecule has 0 fully saturated rings. The number of halogens is 1. The monoisotopic (exact) mass is 374 g/mol. The van der Waals surface area contributed by atoms with E-state index in [9.17, 15) is 9.59 Å². The average Bonchev–Trinajstić information content (AvgIpc) is 2.57. The summed E-state index contributed by atoms with van der Waals surface area (Å²) in [5, 5.41) is 3.90. The lowest BCUT2D eigenvalue weighted by atomic mass is 10.1. The summed E-state index contributed by atoms with van der Waals surface area (Å²) in [5.74, 6) is -0.592. The highest BCUT2D eigenvalue weighted by molar-refractivity contribution is 9.10. The second-order valence-corrected chi connectivity index (χ2v) is 5.63. The summed E-state index contributed by atoms with van der Waals surface area (Å²) in [6, 6.07) is 14.2. The van der Waals surface area contributed by atoms with E-state index < -0.39 is 5.97 Å². The second kappa shape index (κ2) is 8.24. The molecule has 5 nitrogen and oxygen atoms in total. The number of rotatable bonds is 5. The van der Waals surface area contributed by atoms with Gasteiger partial charge in [-0.05, 0) is 35.4 Å². The number of nitrogens with one attached hydrogen (secondary N) is 1. The van der Waals surface area contributed by atoms with E-state index in [1.807, 2.05) is 24.3 Å². The van der Waals surface area contributed by atoms with Crippen molar-refractivity contribution in [1.29, 1.82) is 0 Å². The molecule has 23 heavy (non-hydrogen) atoms. The normalized spacial score (nSPS) is 10.5. The third-order valence-electron chi connectivity index (χ3n) is 3.01. The van der Waals surface area contributed by atoms with Crippen molar-refractivity contribution in [2.24, 2.45) is 5.10 Å². The van der Waals surface area contributed by atoms with Crippen molar-refractivity contribution in [2.45, 2.75) is 6.42 Å². The van der Waals surface area contributed by atoms with Crippen LogP contribution in [-0.4, -0.2) is 25.2 Å². The number of benzene rings is 2. The second-order valence-electron chi connectivity index (χ2n) is 4.71. The third-order valence-corrected chi connectivity index (χ3v) is 3.54. The summed E-state index contributed by atoms with van der Waals surface area (Å²) < 4.78 is 5.59. The zero-order valence-corrected chi connectivity index (χ0v) is 14.0. The summed E-state index contributed by atoms with van der Waals surface area (Å²) in [7, 11) is 1.33. The van der Waals surface area contributed by atoms with E-state index in [-0.39, 0.29) is 12.3 Å². The fourth-order valence-corrected chi connectivity index (χ4v) is 2.09. The first-order valence-electron chi connectivity index (χ1n) is 6.83. The molecule has 2 aromatic carbocycles. The van der Waals surface area contributed by atoms with Crippen LogP contribution in [-0.2, 0) is 16.0 Å². The highest BCUT2D eigenvalue weighted by Gasteiger charge is 2.04. The van der Waals surface area contributed by atoms with Gasteiger partial charge in [0.15, 0.2) is 0 Å². The van der Waals surface area contributed by atoms with Crippen molar-refractivity contribution < 1.29 is 14.3 Å². The summed E-state index contributed by atoms with van der Waals surface area (Å²) in [6.45, 7) is 0. The molecule has 118 valence electrons. The minimum atomic E-state index is -0.392. The van der Waals surface area contributed by atoms with Crippen LogP contribution in [0.1, 0.15) is 21.5 Å². The third kappa shape index (κ3) is 5.34. The first kappa shape index (κ1) is 16.9. The zero-order valence-electron chi connectivity index (χ0n) is 12.5. The van der Waals surface area contributed by atoms with Gasteiger partial charge in [-0.15, -0.1) is 0 Å². The van der Waals surface area contributed by atoms with Crippen molar-refractivity contribution in [3.8, 4) is 0 Å². The van der Waals surface area contributed by atoms with Crippen molar-refractivity contribution in [3.05, 3.63) is 69.7 Å². The van der Waals surface area contributed by atoms with Gasteiger partial charge >= 0.3 is 5.97 Å². The Balaban J connectivity index is 1.87. The maximum Gasteiger partial charge on any atom is 0.337 e. The van der Waals surface area contributed by atoms with Crippen LogP contribution in [0.2, 0.25) is 0 Å². The quantitative estimate of drug-likeness (QED) is 0.497. The summed E-state index contributed by atoms with van der Waals surface area (Å²) >= 11 is 3.34. The van der Waals surface area contributed by atoms with Crippen LogP contribution in [0.4, 0.5) is 0 Å². The lowest BCUT2D eigenvalue weighted by Crippen LogP contribution is -2.19. The van der Waals surface area contributed by atoms with Gasteiger partial charge in [0.2, 0.25) is 5.91 Å². The number of nitrogens with zero attached hydrogens (tertiary/aromatic N) is 1. The maximum atomic E-state index is 11.8. The zero-order chi connectivity index (χ0) is 16.7. The van der Waals surface area contributed by atoms with Crippen molar-refractivity contribution in [1.82, 2.24) is 5.43 Å². The van der Waals surface area contributed by atoms with Gasteiger partial charge in [0.05, 0.1) is 25.3 Å². The van der Waals surface area contributed by atoms with Gasteiger partial charge in [0.25, 0.3) is 0 Å². The number of hydrazone groups is 1. The van der Waals surface area contributed by atoms with Gasteiger partial charge in [-0.3, -0.25) is 4.79 Å². The minimum absolute atomic E-state index is 0.199. The van der Waals surface area contributed by atoms with Gasteiger partial charge in [-0.1, -0.05) is 40.2 Å². The molecule has 0 aliphatic rings. The number of hydrogen-bond acceptors (Lipinski definition) is 4. The highest BCUT2D eigenvalue weighted by atomic mass is 79.9. The SMILES string of the molecule is COC(=O)c1ccc(/C=N\NC(=O)Cc2ccc(Br)cc2)cc1. The minimum Gasteiger partial charge on any atom is -0.465 e. The summed E-state index contributed by atoms with van der Waals surface area (Å²) in [4.78, 5) is 23.1. The van der Waals surface area contributed by atoms with Crippen LogP contribution in [0.25, 0.3) is 0 Å². The van der Waals surface area contributed by atoms with Crippen LogP contribution < -0.4 is 5.43 Å². The topological polar surface area (TPSA) is 67.8 Å². The lowest BCUT2D eigenvalue weighted by Gasteiger charge is -2.01. The molecule has 0 spiro atoms. The highest BCUT2D eigenvalue weighted by Crippen LogP contribution is 2.10. The first-order chi connectivity index (χ1) is 11.1. The van der Waals surface area contributed by atoms with Crippen molar-refractivity contribution in [2.75, 3.05) is 7.11 Å². The molecule has 1 amide bonds. The van der Waals surface area contributed by atoms with Gasteiger partial charge in [0.1, 0.15) is 0 Å². The Kier molecular flexibility index (Phi) is 6.05. The van der Waals surface area contributed by atoms with Gasteiger partial charge < -0.3 is 4.74 Å². The van der Waals surface area contributed by atoms with E-state index in [2.05, 4.69) is 31.2 Å². The van der Waals surface area contributed by atoms with E-state index >= 15 is 0 Å². The number of carbonyl (C=O) groups is 2. The number of ether oxygens (including phenoxy) is 1. The molecular formula is C17H15BrN2O3. The van der Waals surface area contributed by atoms with Crippen molar-refractivity contribution in [3.63, 3.8) is 0 Å². The van der Waals surface area contributed by atoms with Gasteiger partial charge in [-0.25, -0.2) is 10.2 Å². The summed E-state index contributed by atoms with van der Waals surface area (Å²) in [6.07, 6.45) is 1.77. The standard InChI is InChI=1S/C17H15BrN2O3/c1-23-17(22)14-6-2-13(3-7-14)11-19-20-16(21)10-12-4-8-15(18)9-5-12/h2-9,11H,10H2,1H3,(H,20,21)/b19-11-. The smallest absolute Gasteiger partial charge is 0.337 e. The molecule has 1 N–H and O–H groups in total. The largest absolute Gasteiger partial charge is 0.465 e. The molecule has 0 heterocycles.